The van der Waals surface area contributed by atoms with Gasteiger partial charge in [0.1, 0.15) is 0 Å². The third-order valence-corrected chi connectivity index (χ3v) is 3.10. The highest BCUT2D eigenvalue weighted by molar-refractivity contribution is 4.93. The number of morpholine rings is 1. The van der Waals surface area contributed by atoms with Crippen molar-refractivity contribution in [2.45, 2.75) is 24.5 Å². The van der Waals surface area contributed by atoms with E-state index in [0.29, 0.717) is 6.61 Å². The molecule has 82 valence electrons. The van der Waals surface area contributed by atoms with E-state index < -0.39 is 0 Å². The predicted molar refractivity (Wildman–Crippen MR) is 52.4 cm³/mol. The smallest absolute Gasteiger partial charge is 0.0933 e. The first-order valence-corrected chi connectivity index (χ1v) is 5.28. The summed E-state index contributed by atoms with van der Waals surface area (Å²) in [6, 6.07) is 0. The van der Waals surface area contributed by atoms with Crippen LogP contribution >= 0.6 is 0 Å². The van der Waals surface area contributed by atoms with Crippen LogP contribution in [-0.2, 0) is 14.2 Å². The summed E-state index contributed by atoms with van der Waals surface area (Å²) < 4.78 is 16.2. The molecule has 2 aliphatic heterocycles. The maximum Gasteiger partial charge on any atom is 0.0933 e. The number of nitrogens with one attached hydrogen (secondary N) is 1. The summed E-state index contributed by atoms with van der Waals surface area (Å²) in [5.74, 6) is 0. The van der Waals surface area contributed by atoms with Crippen LogP contribution in [0.1, 0.15) is 12.8 Å². The predicted octanol–water partition coefficient (Wildman–Crippen LogP) is 0.170. The average Bonchev–Trinajstić information content (AvgIpc) is 2.24. The van der Waals surface area contributed by atoms with Crippen molar-refractivity contribution >= 4 is 0 Å². The number of methoxy groups -OCH3 is 1. The third-order valence-electron chi connectivity index (χ3n) is 3.10. The van der Waals surface area contributed by atoms with Gasteiger partial charge in [0, 0.05) is 32.4 Å². The largest absolute Gasteiger partial charge is 0.382 e. The number of hydrogen-bond donors (Lipinski definition) is 1. The van der Waals surface area contributed by atoms with E-state index in [9.17, 15) is 0 Å². The van der Waals surface area contributed by atoms with Crippen LogP contribution in [0.4, 0.5) is 0 Å². The second kappa shape index (κ2) is 4.57. The summed E-state index contributed by atoms with van der Waals surface area (Å²) in [7, 11) is 1.71. The Labute approximate surface area is 84.9 Å². The Morgan fingerprint density at radius 2 is 2.21 bits per heavy atom. The van der Waals surface area contributed by atoms with Gasteiger partial charge >= 0.3 is 0 Å². The molecule has 0 aromatic heterocycles. The molecule has 2 rings (SSSR count). The quantitative estimate of drug-likeness (QED) is 0.691. The Kier molecular flexibility index (Phi) is 3.38. The summed E-state index contributed by atoms with van der Waals surface area (Å²) in [5.41, 5.74) is 0.183. The van der Waals surface area contributed by atoms with E-state index in [0.717, 1.165) is 39.2 Å². The highest BCUT2D eigenvalue weighted by atomic mass is 16.5. The van der Waals surface area contributed by atoms with Gasteiger partial charge in [0.25, 0.3) is 0 Å². The zero-order valence-electron chi connectivity index (χ0n) is 8.75. The van der Waals surface area contributed by atoms with Gasteiger partial charge in [-0.1, -0.05) is 0 Å². The lowest BCUT2D eigenvalue weighted by Crippen LogP contribution is -2.60. The Morgan fingerprint density at radius 3 is 2.79 bits per heavy atom. The summed E-state index contributed by atoms with van der Waals surface area (Å²) in [6.45, 7) is 4.08. The Balaban J connectivity index is 1.81. The fraction of sp³-hybridized carbons (Fsp3) is 1.00. The molecule has 2 saturated heterocycles. The second-order valence-corrected chi connectivity index (χ2v) is 4.16. The molecule has 1 spiro atoms. The van der Waals surface area contributed by atoms with Crippen LogP contribution in [0.2, 0.25) is 0 Å². The van der Waals surface area contributed by atoms with Gasteiger partial charge in [-0.25, -0.2) is 0 Å². The molecule has 0 radical (unpaired) electrons. The Bertz CT molecular complexity index is 170. The average molecular weight is 201 g/mol. The topological polar surface area (TPSA) is 39.7 Å². The van der Waals surface area contributed by atoms with Crippen molar-refractivity contribution in [1.29, 1.82) is 0 Å². The van der Waals surface area contributed by atoms with Crippen molar-refractivity contribution in [3.63, 3.8) is 0 Å². The van der Waals surface area contributed by atoms with Crippen LogP contribution in [0.25, 0.3) is 0 Å². The van der Waals surface area contributed by atoms with Gasteiger partial charge in [0.05, 0.1) is 19.3 Å². The van der Waals surface area contributed by atoms with Crippen LogP contribution < -0.4 is 5.32 Å². The van der Waals surface area contributed by atoms with Crippen LogP contribution in [-0.4, -0.2) is 51.7 Å². The molecule has 14 heavy (non-hydrogen) atoms. The monoisotopic (exact) mass is 201 g/mol. The molecule has 2 fully saturated rings. The molecule has 1 atom stereocenters. The first-order chi connectivity index (χ1) is 6.85. The molecule has 0 aromatic rings. The Morgan fingerprint density at radius 1 is 1.43 bits per heavy atom. The summed E-state index contributed by atoms with van der Waals surface area (Å²) in [6.07, 6.45) is 2.34. The van der Waals surface area contributed by atoms with Gasteiger partial charge in [-0.15, -0.1) is 0 Å². The standard InChI is InChI=1S/C10H19NO3/c1-12-7-9-6-11-10(8-14-9)2-4-13-5-3-10/h9,11H,2-8H2,1H3. The second-order valence-electron chi connectivity index (χ2n) is 4.16. The molecule has 0 bridgehead atoms. The van der Waals surface area contributed by atoms with Crippen LogP contribution in [0.5, 0.6) is 0 Å². The first-order valence-electron chi connectivity index (χ1n) is 5.28. The van der Waals surface area contributed by atoms with E-state index in [2.05, 4.69) is 5.32 Å². The minimum absolute atomic E-state index is 0.183. The number of ether oxygens (including phenoxy) is 3. The van der Waals surface area contributed by atoms with E-state index in [1.165, 1.54) is 0 Å². The summed E-state index contributed by atoms with van der Waals surface area (Å²) in [4.78, 5) is 0. The lowest BCUT2D eigenvalue weighted by molar-refractivity contribution is -0.0908. The minimum Gasteiger partial charge on any atom is -0.382 e. The maximum atomic E-state index is 5.77. The van der Waals surface area contributed by atoms with Crippen LogP contribution in [0.3, 0.4) is 0 Å². The molecular formula is C10H19NO3. The first kappa shape index (κ1) is 10.4. The summed E-state index contributed by atoms with van der Waals surface area (Å²) >= 11 is 0. The van der Waals surface area contributed by atoms with Gasteiger partial charge in [-0.3, -0.25) is 0 Å². The highest BCUT2D eigenvalue weighted by Crippen LogP contribution is 2.24. The molecule has 0 aromatic carbocycles. The summed E-state index contributed by atoms with van der Waals surface area (Å²) in [5, 5.41) is 3.58. The minimum atomic E-state index is 0.183. The van der Waals surface area contributed by atoms with Gasteiger partial charge in [-0.05, 0) is 12.8 Å². The van der Waals surface area contributed by atoms with Gasteiger partial charge < -0.3 is 19.5 Å². The molecule has 4 nitrogen and oxygen atoms in total. The number of rotatable bonds is 2. The fourth-order valence-corrected chi connectivity index (χ4v) is 2.09. The van der Waals surface area contributed by atoms with Gasteiger partial charge in [-0.2, -0.15) is 0 Å². The van der Waals surface area contributed by atoms with Gasteiger partial charge in [0.2, 0.25) is 0 Å². The van der Waals surface area contributed by atoms with Crippen molar-refractivity contribution < 1.29 is 14.2 Å². The van der Waals surface area contributed by atoms with E-state index >= 15 is 0 Å². The SMILES string of the molecule is COCC1CNC2(CCOCC2)CO1. The highest BCUT2D eigenvalue weighted by Gasteiger charge is 2.36. The molecule has 0 saturated carbocycles. The molecule has 0 aliphatic carbocycles. The zero-order chi connectivity index (χ0) is 9.86. The fourth-order valence-electron chi connectivity index (χ4n) is 2.09. The van der Waals surface area contributed by atoms with Gasteiger partial charge in [0.15, 0.2) is 0 Å². The number of hydrogen-bond acceptors (Lipinski definition) is 4. The van der Waals surface area contributed by atoms with E-state index in [1.54, 1.807) is 7.11 Å². The zero-order valence-corrected chi connectivity index (χ0v) is 8.75. The maximum absolute atomic E-state index is 5.77. The van der Waals surface area contributed by atoms with E-state index in [4.69, 9.17) is 14.2 Å². The third kappa shape index (κ3) is 2.25. The van der Waals surface area contributed by atoms with Crippen LogP contribution in [0.15, 0.2) is 0 Å². The molecule has 2 aliphatic rings. The van der Waals surface area contributed by atoms with Crippen molar-refractivity contribution in [3.05, 3.63) is 0 Å². The lowest BCUT2D eigenvalue weighted by atomic mass is 9.89. The van der Waals surface area contributed by atoms with Crippen molar-refractivity contribution in [2.75, 3.05) is 40.1 Å². The van der Waals surface area contributed by atoms with Crippen LogP contribution in [0, 0.1) is 0 Å². The van der Waals surface area contributed by atoms with E-state index in [1.807, 2.05) is 0 Å². The Hall–Kier alpha value is -0.160. The molecule has 2 heterocycles. The lowest BCUT2D eigenvalue weighted by Gasteiger charge is -2.43. The van der Waals surface area contributed by atoms with E-state index in [-0.39, 0.29) is 11.6 Å². The molecule has 1 unspecified atom stereocenters. The van der Waals surface area contributed by atoms with Crippen molar-refractivity contribution in [3.8, 4) is 0 Å². The molecule has 4 heteroatoms. The normalized spacial score (nSPS) is 31.9. The van der Waals surface area contributed by atoms with Crippen molar-refractivity contribution in [1.82, 2.24) is 5.32 Å². The van der Waals surface area contributed by atoms with Crippen molar-refractivity contribution in [2.24, 2.45) is 0 Å². The molecular weight excluding hydrogens is 182 g/mol. The molecule has 0 amide bonds. The molecule has 1 N–H and O–H groups in total.